The molecule has 1 aromatic carbocycles. The number of nitrogens with one attached hydrogen (secondary N) is 1. The number of hydrogen-bond donors (Lipinski definition) is 1. The number of thiophene rings is 1. The average molecular weight is 515 g/mol. The number of carbonyl (C=O) groups is 2. The summed E-state index contributed by atoms with van der Waals surface area (Å²) >= 11 is 4.78. The second-order valence-corrected chi connectivity index (χ2v) is 9.06. The lowest BCUT2D eigenvalue weighted by Crippen LogP contribution is -2.16. The van der Waals surface area contributed by atoms with E-state index in [1.165, 1.54) is 17.4 Å². The van der Waals surface area contributed by atoms with Crippen molar-refractivity contribution in [1.82, 2.24) is 0 Å². The lowest BCUT2D eigenvalue weighted by Gasteiger charge is -2.12. The van der Waals surface area contributed by atoms with E-state index >= 15 is 0 Å². The molecule has 0 aliphatic heterocycles. The van der Waals surface area contributed by atoms with E-state index in [-0.39, 0.29) is 12.2 Å². The summed E-state index contributed by atoms with van der Waals surface area (Å²) in [5.74, 6) is -0.518. The fourth-order valence-electron chi connectivity index (χ4n) is 3.46. The topological polar surface area (TPSA) is 88.4 Å². The van der Waals surface area contributed by atoms with Crippen molar-refractivity contribution < 1.29 is 19.1 Å². The number of ether oxygens (including phenoxy) is 2. The van der Waals surface area contributed by atoms with E-state index in [0.29, 0.717) is 28.5 Å². The molecule has 1 heterocycles. The van der Waals surface area contributed by atoms with Crippen molar-refractivity contribution in [3.05, 3.63) is 62.5 Å². The number of hydrogen-bond acceptors (Lipinski definition) is 6. The molecular formula is C24H23BrN2O4S. The van der Waals surface area contributed by atoms with Gasteiger partial charge in [-0.2, -0.15) is 5.26 Å². The molecular weight excluding hydrogens is 492 g/mol. The molecule has 1 aromatic heterocycles. The molecule has 0 saturated carbocycles. The number of halogens is 1. The number of nitrogens with zero attached hydrogens (tertiary/aromatic N) is 1. The minimum absolute atomic E-state index is 0.104. The fourth-order valence-corrected chi connectivity index (χ4v) is 5.11. The summed E-state index contributed by atoms with van der Waals surface area (Å²) in [6.07, 6.45) is 6.76. The van der Waals surface area contributed by atoms with E-state index in [1.807, 2.05) is 12.1 Å². The van der Waals surface area contributed by atoms with Gasteiger partial charge in [0.25, 0.3) is 5.91 Å². The summed E-state index contributed by atoms with van der Waals surface area (Å²) in [5.41, 5.74) is 1.83. The number of carbonyl (C=O) groups excluding carboxylic acids is 2. The summed E-state index contributed by atoms with van der Waals surface area (Å²) in [6, 6.07) is 7.27. The van der Waals surface area contributed by atoms with Gasteiger partial charge in [-0.25, -0.2) is 4.79 Å². The predicted molar refractivity (Wildman–Crippen MR) is 129 cm³/mol. The Kier molecular flexibility index (Phi) is 8.26. The Morgan fingerprint density at radius 1 is 1.34 bits per heavy atom. The van der Waals surface area contributed by atoms with Crippen molar-refractivity contribution in [1.29, 1.82) is 5.26 Å². The molecule has 1 amide bonds. The van der Waals surface area contributed by atoms with Gasteiger partial charge in [0, 0.05) is 14.9 Å². The molecule has 8 heteroatoms. The SMILES string of the molecule is C=CCOc1ccc(Br)cc1/C=C(\C#N)C(=O)Nc1sc2c(c1C(=O)OCC)CCCC2. The van der Waals surface area contributed by atoms with Gasteiger partial charge in [0.05, 0.1) is 12.2 Å². The van der Waals surface area contributed by atoms with E-state index < -0.39 is 11.9 Å². The van der Waals surface area contributed by atoms with Crippen LogP contribution in [0.25, 0.3) is 6.08 Å². The van der Waals surface area contributed by atoms with Crippen molar-refractivity contribution in [3.8, 4) is 11.8 Å². The Morgan fingerprint density at radius 3 is 2.84 bits per heavy atom. The molecule has 0 unspecified atom stereocenters. The third kappa shape index (κ3) is 5.47. The van der Waals surface area contributed by atoms with E-state index in [9.17, 15) is 14.9 Å². The van der Waals surface area contributed by atoms with Gasteiger partial charge in [0.2, 0.25) is 0 Å². The zero-order chi connectivity index (χ0) is 23.1. The highest BCUT2D eigenvalue weighted by Crippen LogP contribution is 2.39. The fraction of sp³-hybridized carbons (Fsp3) is 0.292. The Balaban J connectivity index is 1.94. The van der Waals surface area contributed by atoms with E-state index in [1.54, 1.807) is 25.1 Å². The minimum atomic E-state index is -0.591. The number of amides is 1. The highest BCUT2D eigenvalue weighted by Gasteiger charge is 2.27. The maximum absolute atomic E-state index is 13.0. The van der Waals surface area contributed by atoms with Crippen LogP contribution in [0.5, 0.6) is 5.75 Å². The Morgan fingerprint density at radius 2 is 2.12 bits per heavy atom. The van der Waals surface area contributed by atoms with Crippen LogP contribution in [0, 0.1) is 11.3 Å². The zero-order valence-electron chi connectivity index (χ0n) is 17.7. The molecule has 32 heavy (non-hydrogen) atoms. The van der Waals surface area contributed by atoms with Crippen LogP contribution >= 0.6 is 27.3 Å². The Hall–Kier alpha value is -2.89. The Bertz CT molecular complexity index is 1110. The number of benzene rings is 1. The first-order valence-corrected chi connectivity index (χ1v) is 11.9. The lowest BCUT2D eigenvalue weighted by atomic mass is 9.95. The van der Waals surface area contributed by atoms with Crippen LogP contribution in [0.3, 0.4) is 0 Å². The largest absolute Gasteiger partial charge is 0.489 e. The third-order valence-electron chi connectivity index (χ3n) is 4.87. The van der Waals surface area contributed by atoms with Crippen LogP contribution < -0.4 is 10.1 Å². The van der Waals surface area contributed by atoms with Gasteiger partial charge in [0.1, 0.15) is 29.0 Å². The minimum Gasteiger partial charge on any atom is -0.489 e. The van der Waals surface area contributed by atoms with Crippen LogP contribution in [0.2, 0.25) is 0 Å². The van der Waals surface area contributed by atoms with Crippen molar-refractivity contribution in [2.24, 2.45) is 0 Å². The van der Waals surface area contributed by atoms with Crippen LogP contribution in [-0.2, 0) is 22.4 Å². The molecule has 0 radical (unpaired) electrons. The standard InChI is InChI=1S/C24H23BrN2O4S/c1-3-11-31-19-10-9-17(25)13-15(19)12-16(14-26)22(28)27-23-21(24(29)30-4-2)18-7-5-6-8-20(18)32-23/h3,9-10,12-13H,1,4-8,11H2,2H3,(H,27,28)/b16-12+. The molecule has 2 aromatic rings. The first-order chi connectivity index (χ1) is 15.5. The van der Waals surface area contributed by atoms with Crippen LogP contribution in [-0.4, -0.2) is 25.1 Å². The second kappa shape index (κ2) is 11.1. The van der Waals surface area contributed by atoms with Gasteiger partial charge in [0.15, 0.2) is 0 Å². The van der Waals surface area contributed by atoms with E-state index in [0.717, 1.165) is 40.6 Å². The summed E-state index contributed by atoms with van der Waals surface area (Å²) in [4.78, 5) is 26.7. The summed E-state index contributed by atoms with van der Waals surface area (Å²) in [6.45, 7) is 5.92. The van der Waals surface area contributed by atoms with Gasteiger partial charge >= 0.3 is 5.97 Å². The van der Waals surface area contributed by atoms with E-state index in [4.69, 9.17) is 9.47 Å². The molecule has 6 nitrogen and oxygen atoms in total. The zero-order valence-corrected chi connectivity index (χ0v) is 20.1. The van der Waals surface area contributed by atoms with E-state index in [2.05, 4.69) is 27.8 Å². The van der Waals surface area contributed by atoms with Crippen LogP contribution in [0.1, 0.15) is 46.1 Å². The molecule has 0 atom stereocenters. The second-order valence-electron chi connectivity index (χ2n) is 7.04. The van der Waals surface area contributed by atoms with Gasteiger partial charge in [-0.15, -0.1) is 11.3 Å². The number of anilines is 1. The van der Waals surface area contributed by atoms with Crippen LogP contribution in [0.15, 0.2) is 40.9 Å². The molecule has 1 N–H and O–H groups in total. The highest BCUT2D eigenvalue weighted by atomic mass is 79.9. The molecule has 0 saturated heterocycles. The number of esters is 1. The third-order valence-corrected chi connectivity index (χ3v) is 6.57. The van der Waals surface area contributed by atoms with Gasteiger partial charge in [-0.1, -0.05) is 28.6 Å². The summed E-state index contributed by atoms with van der Waals surface area (Å²) in [7, 11) is 0. The lowest BCUT2D eigenvalue weighted by molar-refractivity contribution is -0.112. The number of rotatable bonds is 8. The number of aryl methyl sites for hydroxylation is 1. The maximum Gasteiger partial charge on any atom is 0.341 e. The maximum atomic E-state index is 13.0. The Labute approximate surface area is 199 Å². The molecule has 1 aliphatic carbocycles. The van der Waals surface area contributed by atoms with Gasteiger partial charge in [-0.05, 0) is 62.4 Å². The van der Waals surface area contributed by atoms with Crippen molar-refractivity contribution in [2.45, 2.75) is 32.6 Å². The molecule has 0 fully saturated rings. The first-order valence-electron chi connectivity index (χ1n) is 10.3. The molecule has 3 rings (SSSR count). The van der Waals surface area contributed by atoms with Crippen molar-refractivity contribution >= 4 is 50.2 Å². The molecule has 1 aliphatic rings. The van der Waals surface area contributed by atoms with Gasteiger partial charge in [-0.3, -0.25) is 4.79 Å². The smallest absolute Gasteiger partial charge is 0.341 e. The summed E-state index contributed by atoms with van der Waals surface area (Å²) < 4.78 is 11.6. The van der Waals surface area contributed by atoms with Gasteiger partial charge < -0.3 is 14.8 Å². The molecule has 166 valence electrons. The monoisotopic (exact) mass is 514 g/mol. The van der Waals surface area contributed by atoms with Crippen LogP contribution in [0.4, 0.5) is 5.00 Å². The predicted octanol–water partition coefficient (Wildman–Crippen LogP) is 5.68. The molecule has 0 spiro atoms. The van der Waals surface area contributed by atoms with Crippen molar-refractivity contribution in [2.75, 3.05) is 18.5 Å². The van der Waals surface area contributed by atoms with Crippen molar-refractivity contribution in [3.63, 3.8) is 0 Å². The average Bonchev–Trinajstić information content (AvgIpc) is 3.14. The number of fused-ring (bicyclic) bond motifs is 1. The highest BCUT2D eigenvalue weighted by molar-refractivity contribution is 9.10. The number of nitriles is 1. The first kappa shape index (κ1) is 23.8. The molecule has 0 bridgehead atoms. The quantitative estimate of drug-likeness (QED) is 0.212. The summed E-state index contributed by atoms with van der Waals surface area (Å²) in [5, 5.41) is 12.9. The normalized spacial score (nSPS) is 13.0.